The number of anilines is 3. The summed E-state index contributed by atoms with van der Waals surface area (Å²) in [7, 11) is 0. The van der Waals surface area contributed by atoms with Crippen molar-refractivity contribution in [1.29, 1.82) is 0 Å². The summed E-state index contributed by atoms with van der Waals surface area (Å²) in [6.07, 6.45) is 1.57. The Morgan fingerprint density at radius 2 is 1.70 bits per heavy atom. The highest BCUT2D eigenvalue weighted by Crippen LogP contribution is 2.27. The molecule has 0 radical (unpaired) electrons. The first kappa shape index (κ1) is 20.5. The summed E-state index contributed by atoms with van der Waals surface area (Å²) in [6.45, 7) is 5.82. The van der Waals surface area contributed by atoms with E-state index in [0.717, 1.165) is 49.8 Å². The van der Waals surface area contributed by atoms with Crippen LogP contribution in [0.2, 0.25) is 0 Å². The molecule has 2 saturated heterocycles. The lowest BCUT2D eigenvalue weighted by atomic mass is 9.95. The third kappa shape index (κ3) is 4.69. The molecule has 10 heteroatoms. The maximum absolute atomic E-state index is 13.1. The minimum absolute atomic E-state index is 0.0290. The number of hydrogen-bond donors (Lipinski definition) is 1. The monoisotopic (exact) mass is 432 g/mol. The third-order valence-corrected chi connectivity index (χ3v) is 6.38. The first-order chi connectivity index (χ1) is 14.5. The molecule has 2 aliphatic rings. The molecule has 30 heavy (non-hydrogen) atoms. The normalized spacial score (nSPS) is 17.9. The molecule has 0 spiro atoms. The molecule has 2 aliphatic heterocycles. The van der Waals surface area contributed by atoms with Crippen LogP contribution in [0.3, 0.4) is 0 Å². The molecule has 2 fully saturated rings. The lowest BCUT2D eigenvalue weighted by molar-refractivity contribution is -0.136. The Hall–Kier alpha value is -2.75. The minimum Gasteiger partial charge on any atom is -0.368 e. The van der Waals surface area contributed by atoms with Gasteiger partial charge in [0, 0.05) is 69.3 Å². The van der Waals surface area contributed by atoms with Gasteiger partial charge in [-0.15, -0.1) is 0 Å². The van der Waals surface area contributed by atoms with Crippen molar-refractivity contribution < 1.29 is 14.0 Å². The number of carbonyl (C=O) groups is 2. The van der Waals surface area contributed by atoms with Crippen molar-refractivity contribution in [2.24, 2.45) is 5.92 Å². The van der Waals surface area contributed by atoms with Crippen LogP contribution in [0.15, 0.2) is 24.3 Å². The van der Waals surface area contributed by atoms with Crippen LogP contribution in [-0.4, -0.2) is 65.3 Å². The molecule has 0 atom stereocenters. The van der Waals surface area contributed by atoms with Crippen molar-refractivity contribution >= 4 is 40.1 Å². The summed E-state index contributed by atoms with van der Waals surface area (Å²) in [5.74, 6) is 0.160. The summed E-state index contributed by atoms with van der Waals surface area (Å²) >= 11 is 1.26. The molecule has 8 nitrogen and oxygen atoms in total. The second-order valence-electron chi connectivity index (χ2n) is 7.63. The molecule has 4 rings (SSSR count). The average Bonchev–Trinajstić information content (AvgIpc) is 3.22. The lowest BCUT2D eigenvalue weighted by Gasteiger charge is -2.39. The Kier molecular flexibility index (Phi) is 6.12. The molecular formula is C20H25FN6O2S. The van der Waals surface area contributed by atoms with E-state index in [2.05, 4.69) is 24.5 Å². The second-order valence-corrected chi connectivity index (χ2v) is 8.36. The van der Waals surface area contributed by atoms with E-state index in [9.17, 15) is 14.0 Å². The molecule has 0 unspecified atom stereocenters. The summed E-state index contributed by atoms with van der Waals surface area (Å²) in [5.41, 5.74) is 0.993. The van der Waals surface area contributed by atoms with Gasteiger partial charge in [-0.25, -0.2) is 4.39 Å². The number of benzene rings is 1. The average molecular weight is 433 g/mol. The smallest absolute Gasteiger partial charge is 0.243 e. The van der Waals surface area contributed by atoms with Gasteiger partial charge < -0.3 is 14.7 Å². The van der Waals surface area contributed by atoms with Gasteiger partial charge in [-0.1, -0.05) is 0 Å². The highest BCUT2D eigenvalue weighted by molar-refractivity contribution is 7.09. The maximum Gasteiger partial charge on any atom is 0.243 e. The number of amides is 2. The van der Waals surface area contributed by atoms with Crippen LogP contribution in [-0.2, 0) is 9.59 Å². The lowest BCUT2D eigenvalue weighted by Crippen LogP contribution is -2.51. The highest BCUT2D eigenvalue weighted by Gasteiger charge is 2.31. The zero-order valence-corrected chi connectivity index (χ0v) is 17.7. The number of piperazine rings is 1. The maximum atomic E-state index is 13.1. The van der Waals surface area contributed by atoms with E-state index in [0.29, 0.717) is 19.0 Å². The Morgan fingerprint density at radius 1 is 1.03 bits per heavy atom. The zero-order chi connectivity index (χ0) is 21.1. The van der Waals surface area contributed by atoms with E-state index < -0.39 is 0 Å². The van der Waals surface area contributed by atoms with Crippen molar-refractivity contribution in [1.82, 2.24) is 14.3 Å². The number of rotatable bonds is 4. The number of carbonyl (C=O) groups excluding carboxylic acids is 2. The van der Waals surface area contributed by atoms with Gasteiger partial charge in [0.1, 0.15) is 5.82 Å². The van der Waals surface area contributed by atoms with Gasteiger partial charge in [0.05, 0.1) is 0 Å². The molecule has 0 bridgehead atoms. The largest absolute Gasteiger partial charge is 0.368 e. The van der Waals surface area contributed by atoms with Gasteiger partial charge >= 0.3 is 0 Å². The van der Waals surface area contributed by atoms with E-state index >= 15 is 0 Å². The zero-order valence-electron chi connectivity index (χ0n) is 16.9. The molecule has 0 aliphatic carbocycles. The van der Waals surface area contributed by atoms with E-state index in [1.165, 1.54) is 30.6 Å². The number of nitrogens with one attached hydrogen (secondary N) is 1. The quantitative estimate of drug-likeness (QED) is 0.798. The van der Waals surface area contributed by atoms with E-state index in [1.54, 1.807) is 12.1 Å². The fraction of sp³-hybridized carbons (Fsp3) is 0.500. The van der Waals surface area contributed by atoms with Gasteiger partial charge in [-0.3, -0.25) is 14.9 Å². The van der Waals surface area contributed by atoms with Crippen LogP contribution < -0.4 is 15.1 Å². The predicted octanol–water partition coefficient (Wildman–Crippen LogP) is 2.20. The molecule has 1 N–H and O–H groups in total. The van der Waals surface area contributed by atoms with Crippen molar-refractivity contribution in [2.45, 2.75) is 19.8 Å². The van der Waals surface area contributed by atoms with Gasteiger partial charge in [0.25, 0.3) is 0 Å². The second kappa shape index (κ2) is 8.95. The molecule has 1 aromatic carbocycles. The van der Waals surface area contributed by atoms with Crippen molar-refractivity contribution in [2.75, 3.05) is 54.4 Å². The van der Waals surface area contributed by atoms with Gasteiger partial charge in [-0.05, 0) is 37.1 Å². The fourth-order valence-electron chi connectivity index (χ4n) is 3.97. The minimum atomic E-state index is -0.237. The number of halogens is 1. The number of hydrogen-bond acceptors (Lipinski definition) is 7. The third-order valence-electron chi connectivity index (χ3n) is 5.60. The predicted molar refractivity (Wildman–Crippen MR) is 114 cm³/mol. The molecular weight excluding hydrogens is 407 g/mol. The Bertz CT molecular complexity index is 889. The van der Waals surface area contributed by atoms with Crippen LogP contribution in [0.5, 0.6) is 0 Å². The number of nitrogens with zero attached hydrogens (tertiary/aromatic N) is 5. The fourth-order valence-corrected chi connectivity index (χ4v) is 4.64. The van der Waals surface area contributed by atoms with E-state index in [-0.39, 0.29) is 23.5 Å². The Labute approximate surface area is 178 Å². The molecule has 1 aromatic heterocycles. The first-order valence-corrected chi connectivity index (χ1v) is 10.9. The van der Waals surface area contributed by atoms with Crippen LogP contribution in [0.1, 0.15) is 19.8 Å². The van der Waals surface area contributed by atoms with Crippen LogP contribution in [0.4, 0.5) is 21.2 Å². The SMILES string of the molecule is CC(=O)Nc1nsc(N2CCC(C(=O)N3CCN(c4ccc(F)cc4)CC3)CC2)n1. The van der Waals surface area contributed by atoms with Crippen LogP contribution >= 0.6 is 11.5 Å². The van der Waals surface area contributed by atoms with E-state index in [1.807, 2.05) is 4.90 Å². The highest BCUT2D eigenvalue weighted by atomic mass is 32.1. The van der Waals surface area contributed by atoms with Crippen molar-refractivity contribution in [3.8, 4) is 0 Å². The molecule has 2 aromatic rings. The number of piperidine rings is 1. The Balaban J connectivity index is 1.26. The summed E-state index contributed by atoms with van der Waals surface area (Å²) in [6, 6.07) is 6.51. The standard InChI is InChI=1S/C20H25FN6O2S/c1-14(28)22-19-23-20(30-24-19)27-8-6-15(7-9-27)18(29)26-12-10-25(11-13-26)17-4-2-16(21)3-5-17/h2-5,15H,6-13H2,1H3,(H,22,24,28). The van der Waals surface area contributed by atoms with Gasteiger partial charge in [-0.2, -0.15) is 9.36 Å². The van der Waals surface area contributed by atoms with Crippen molar-refractivity contribution in [3.63, 3.8) is 0 Å². The Morgan fingerprint density at radius 3 is 2.33 bits per heavy atom. The van der Waals surface area contributed by atoms with Crippen LogP contribution in [0, 0.1) is 11.7 Å². The van der Waals surface area contributed by atoms with Crippen LogP contribution in [0.25, 0.3) is 0 Å². The number of aromatic nitrogens is 2. The topological polar surface area (TPSA) is 81.7 Å². The molecule has 160 valence electrons. The van der Waals surface area contributed by atoms with E-state index in [4.69, 9.17) is 0 Å². The first-order valence-electron chi connectivity index (χ1n) is 10.1. The summed E-state index contributed by atoms with van der Waals surface area (Å²) in [5, 5.41) is 3.37. The van der Waals surface area contributed by atoms with Crippen molar-refractivity contribution in [3.05, 3.63) is 30.1 Å². The van der Waals surface area contributed by atoms with Gasteiger partial charge in [0.2, 0.25) is 22.9 Å². The summed E-state index contributed by atoms with van der Waals surface area (Å²) < 4.78 is 17.3. The molecule has 2 amide bonds. The van der Waals surface area contributed by atoms with Gasteiger partial charge in [0.15, 0.2) is 0 Å². The molecule has 0 saturated carbocycles. The summed E-state index contributed by atoms with van der Waals surface area (Å²) in [4.78, 5) is 34.7. The molecule has 3 heterocycles.